The minimum Gasteiger partial charge on any atom is -0.507 e. The van der Waals surface area contributed by atoms with Crippen LogP contribution >= 0.6 is 0 Å². The minimum atomic E-state index is 0.371. The van der Waals surface area contributed by atoms with E-state index >= 15 is 0 Å². The van der Waals surface area contributed by atoms with Crippen LogP contribution in [0.3, 0.4) is 0 Å². The zero-order chi connectivity index (χ0) is 14.4. The van der Waals surface area contributed by atoms with Crippen LogP contribution in [-0.2, 0) is 6.42 Å². The molecule has 4 aromatic carbocycles. The van der Waals surface area contributed by atoms with Gasteiger partial charge < -0.3 is 5.11 Å². The Labute approximate surface area is 124 Å². The van der Waals surface area contributed by atoms with E-state index in [1.54, 1.807) is 6.07 Å². The molecule has 0 bridgehead atoms. The van der Waals surface area contributed by atoms with Crippen LogP contribution in [0.1, 0.15) is 25.3 Å². The van der Waals surface area contributed by atoms with Gasteiger partial charge in [-0.3, -0.25) is 0 Å². The first-order valence-corrected chi connectivity index (χ1v) is 7.68. The van der Waals surface area contributed by atoms with Gasteiger partial charge in [-0.2, -0.15) is 0 Å². The Morgan fingerprint density at radius 3 is 2.14 bits per heavy atom. The minimum absolute atomic E-state index is 0.371. The summed E-state index contributed by atoms with van der Waals surface area (Å²) >= 11 is 0. The van der Waals surface area contributed by atoms with Crippen LogP contribution in [0.5, 0.6) is 5.75 Å². The number of benzene rings is 4. The molecule has 0 atom stereocenters. The fraction of sp³-hybridized carbons (Fsp3) is 0.200. The summed E-state index contributed by atoms with van der Waals surface area (Å²) in [7, 11) is 0. The first kappa shape index (κ1) is 12.5. The van der Waals surface area contributed by atoms with Gasteiger partial charge in [-0.1, -0.05) is 55.8 Å². The van der Waals surface area contributed by atoms with Crippen LogP contribution < -0.4 is 0 Å². The van der Waals surface area contributed by atoms with Crippen molar-refractivity contribution in [3.05, 3.63) is 54.1 Å². The lowest BCUT2D eigenvalue weighted by Crippen LogP contribution is -1.90. The molecular formula is C20H18O. The zero-order valence-corrected chi connectivity index (χ0v) is 12.2. The van der Waals surface area contributed by atoms with Crippen molar-refractivity contribution >= 4 is 32.3 Å². The topological polar surface area (TPSA) is 20.2 Å². The Kier molecular flexibility index (Phi) is 2.75. The van der Waals surface area contributed by atoms with Gasteiger partial charge in [0.15, 0.2) is 0 Å². The van der Waals surface area contributed by atoms with E-state index in [0.717, 1.165) is 11.8 Å². The van der Waals surface area contributed by atoms with Gasteiger partial charge in [-0.15, -0.1) is 0 Å². The zero-order valence-electron chi connectivity index (χ0n) is 12.2. The van der Waals surface area contributed by atoms with Crippen LogP contribution in [0, 0.1) is 0 Å². The molecule has 0 aliphatic heterocycles. The van der Waals surface area contributed by atoms with E-state index in [1.807, 2.05) is 12.1 Å². The first-order valence-electron chi connectivity index (χ1n) is 7.68. The van der Waals surface area contributed by atoms with Crippen molar-refractivity contribution in [2.24, 2.45) is 0 Å². The molecule has 0 fully saturated rings. The molecule has 104 valence electrons. The lowest BCUT2D eigenvalue weighted by Gasteiger charge is -2.14. The average Bonchev–Trinajstić information content (AvgIpc) is 2.53. The van der Waals surface area contributed by atoms with Gasteiger partial charge in [0.1, 0.15) is 5.75 Å². The molecular weight excluding hydrogens is 256 g/mol. The van der Waals surface area contributed by atoms with Crippen LogP contribution in [0.4, 0.5) is 0 Å². The molecule has 0 amide bonds. The molecule has 21 heavy (non-hydrogen) atoms. The maximum atomic E-state index is 10.2. The summed E-state index contributed by atoms with van der Waals surface area (Å²) in [6.07, 6.45) is 3.55. The number of rotatable bonds is 3. The first-order chi connectivity index (χ1) is 10.3. The normalized spacial score (nSPS) is 11.9. The molecule has 0 aliphatic rings. The van der Waals surface area contributed by atoms with Crippen molar-refractivity contribution in [2.45, 2.75) is 26.2 Å². The van der Waals surface area contributed by atoms with Crippen LogP contribution in [0.15, 0.2) is 48.5 Å². The summed E-state index contributed by atoms with van der Waals surface area (Å²) in [5.41, 5.74) is 1.42. The highest BCUT2D eigenvalue weighted by Crippen LogP contribution is 2.39. The second kappa shape index (κ2) is 4.63. The number of aromatic hydroxyl groups is 1. The molecule has 0 saturated carbocycles. The molecule has 4 aromatic rings. The third-order valence-electron chi connectivity index (χ3n) is 4.53. The Morgan fingerprint density at radius 1 is 0.762 bits per heavy atom. The van der Waals surface area contributed by atoms with Gasteiger partial charge in [-0.05, 0) is 46.0 Å². The third-order valence-corrected chi connectivity index (χ3v) is 4.53. The second-order valence-electron chi connectivity index (χ2n) is 5.84. The highest BCUT2D eigenvalue weighted by molar-refractivity contribution is 6.24. The van der Waals surface area contributed by atoms with Crippen LogP contribution in [-0.4, -0.2) is 5.11 Å². The van der Waals surface area contributed by atoms with Gasteiger partial charge in [-0.25, -0.2) is 0 Å². The largest absolute Gasteiger partial charge is 0.507 e. The summed E-state index contributed by atoms with van der Waals surface area (Å²) in [4.78, 5) is 0. The maximum absolute atomic E-state index is 10.2. The van der Waals surface area contributed by atoms with Gasteiger partial charge in [0.25, 0.3) is 0 Å². The SMILES string of the molecule is CCCCc1ccc2ccc3c(O)ccc4ccc1c2c43. The molecule has 0 radical (unpaired) electrons. The molecule has 1 heteroatoms. The molecule has 4 rings (SSSR count). The van der Waals surface area contributed by atoms with E-state index in [9.17, 15) is 5.11 Å². The summed E-state index contributed by atoms with van der Waals surface area (Å²) in [6.45, 7) is 2.23. The van der Waals surface area contributed by atoms with E-state index in [-0.39, 0.29) is 0 Å². The number of hydrogen-bond acceptors (Lipinski definition) is 1. The Balaban J connectivity index is 2.16. The highest BCUT2D eigenvalue weighted by Gasteiger charge is 2.12. The summed E-state index contributed by atoms with van der Waals surface area (Å²) in [5, 5.41) is 17.4. The maximum Gasteiger partial charge on any atom is 0.123 e. The number of hydrogen-bond donors (Lipinski definition) is 1. The molecule has 0 aromatic heterocycles. The van der Waals surface area contributed by atoms with Crippen LogP contribution in [0.2, 0.25) is 0 Å². The predicted octanol–water partition coefficient (Wildman–Crippen LogP) is 5.63. The Hall–Kier alpha value is -2.28. The number of unbranched alkanes of at least 4 members (excludes halogenated alkanes) is 1. The molecule has 0 saturated heterocycles. The molecule has 1 N–H and O–H groups in total. The van der Waals surface area contributed by atoms with Gasteiger partial charge in [0.2, 0.25) is 0 Å². The van der Waals surface area contributed by atoms with Crippen molar-refractivity contribution in [1.29, 1.82) is 0 Å². The fourth-order valence-electron chi connectivity index (χ4n) is 3.43. The number of phenols is 1. The molecule has 1 nitrogen and oxygen atoms in total. The lowest BCUT2D eigenvalue weighted by molar-refractivity contribution is 0.482. The quantitative estimate of drug-likeness (QED) is 0.480. The average molecular weight is 274 g/mol. The van der Waals surface area contributed by atoms with Gasteiger partial charge in [0.05, 0.1) is 0 Å². The molecule has 0 aliphatic carbocycles. The smallest absolute Gasteiger partial charge is 0.123 e. The monoisotopic (exact) mass is 274 g/mol. The summed E-state index contributed by atoms with van der Waals surface area (Å²) in [5.74, 6) is 0.371. The highest BCUT2D eigenvalue weighted by atomic mass is 16.3. The van der Waals surface area contributed by atoms with E-state index in [4.69, 9.17) is 0 Å². The molecule has 0 spiro atoms. The van der Waals surface area contributed by atoms with Crippen LogP contribution in [0.25, 0.3) is 32.3 Å². The number of aryl methyl sites for hydroxylation is 1. The Morgan fingerprint density at radius 2 is 1.38 bits per heavy atom. The fourth-order valence-corrected chi connectivity index (χ4v) is 3.43. The van der Waals surface area contributed by atoms with E-state index < -0.39 is 0 Å². The predicted molar refractivity (Wildman–Crippen MR) is 90.4 cm³/mol. The van der Waals surface area contributed by atoms with Gasteiger partial charge >= 0.3 is 0 Å². The third kappa shape index (κ3) is 1.77. The van der Waals surface area contributed by atoms with Crippen molar-refractivity contribution < 1.29 is 5.11 Å². The van der Waals surface area contributed by atoms with E-state index in [2.05, 4.69) is 37.3 Å². The molecule has 0 unspecified atom stereocenters. The lowest BCUT2D eigenvalue weighted by atomic mass is 9.90. The van der Waals surface area contributed by atoms with E-state index in [0.29, 0.717) is 5.75 Å². The standard InChI is InChI=1S/C20H18O/c1-2-3-4-13-5-6-14-8-11-17-18(21)12-9-15-7-10-16(13)19(14)20(15)17/h5-12,21H,2-4H2,1H3. The molecule has 0 heterocycles. The summed E-state index contributed by atoms with van der Waals surface area (Å²) < 4.78 is 0. The van der Waals surface area contributed by atoms with Gasteiger partial charge in [0, 0.05) is 10.8 Å². The summed E-state index contributed by atoms with van der Waals surface area (Å²) in [6, 6.07) is 16.9. The van der Waals surface area contributed by atoms with E-state index in [1.165, 1.54) is 45.3 Å². The van der Waals surface area contributed by atoms with Crippen molar-refractivity contribution in [1.82, 2.24) is 0 Å². The Bertz CT molecular complexity index is 937. The number of phenolic OH excluding ortho intramolecular Hbond substituents is 1. The second-order valence-corrected chi connectivity index (χ2v) is 5.84. The van der Waals surface area contributed by atoms with Crippen molar-refractivity contribution in [2.75, 3.05) is 0 Å². The van der Waals surface area contributed by atoms with Crippen molar-refractivity contribution in [3.63, 3.8) is 0 Å². The van der Waals surface area contributed by atoms with Crippen molar-refractivity contribution in [3.8, 4) is 5.75 Å².